The summed E-state index contributed by atoms with van der Waals surface area (Å²) < 4.78 is 0. The van der Waals surface area contributed by atoms with E-state index in [1.807, 2.05) is 30.3 Å². The van der Waals surface area contributed by atoms with Crippen LogP contribution < -0.4 is 5.32 Å². The van der Waals surface area contributed by atoms with Gasteiger partial charge in [-0.15, -0.1) is 11.8 Å². The highest BCUT2D eigenvalue weighted by molar-refractivity contribution is 8.06. The Labute approximate surface area is 187 Å². The Morgan fingerprint density at radius 2 is 1.90 bits per heavy atom. The van der Waals surface area contributed by atoms with Crippen LogP contribution in [0.4, 0.5) is 0 Å². The third kappa shape index (κ3) is 4.17. The molecule has 2 aliphatic heterocycles. The van der Waals surface area contributed by atoms with Gasteiger partial charge in [0.1, 0.15) is 23.2 Å². The SMILES string of the molecule is N#Cc1ccccc1SC1=C(C(=O)O)N2C(=O)[C@@H](NC(=O)Cc3ccccc3)[C@@H]2SC1. The fourth-order valence-electron chi connectivity index (χ4n) is 3.46. The van der Waals surface area contributed by atoms with Crippen molar-refractivity contribution in [3.63, 3.8) is 0 Å². The van der Waals surface area contributed by atoms with E-state index in [0.717, 1.165) is 5.56 Å². The Hall–Kier alpha value is -3.22. The molecule has 156 valence electrons. The maximum Gasteiger partial charge on any atom is 0.353 e. The molecule has 0 spiro atoms. The van der Waals surface area contributed by atoms with Gasteiger partial charge in [0.25, 0.3) is 5.91 Å². The molecule has 2 atom stereocenters. The number of carboxylic acid groups (broad SMARTS) is 1. The summed E-state index contributed by atoms with van der Waals surface area (Å²) >= 11 is 2.59. The van der Waals surface area contributed by atoms with Crippen LogP contribution in [0.2, 0.25) is 0 Å². The van der Waals surface area contributed by atoms with Crippen LogP contribution in [0.15, 0.2) is 70.1 Å². The van der Waals surface area contributed by atoms with Crippen molar-refractivity contribution in [2.45, 2.75) is 22.7 Å². The van der Waals surface area contributed by atoms with Gasteiger partial charge >= 0.3 is 5.97 Å². The van der Waals surface area contributed by atoms with Gasteiger partial charge in [-0.05, 0) is 17.7 Å². The highest BCUT2D eigenvalue weighted by Crippen LogP contribution is 2.45. The van der Waals surface area contributed by atoms with E-state index >= 15 is 0 Å². The molecule has 4 rings (SSSR count). The normalized spacial score (nSPS) is 19.8. The van der Waals surface area contributed by atoms with Crippen LogP contribution >= 0.6 is 23.5 Å². The van der Waals surface area contributed by atoms with E-state index in [1.54, 1.807) is 24.3 Å². The Kier molecular flexibility index (Phi) is 6.02. The lowest BCUT2D eigenvalue weighted by Crippen LogP contribution is -2.70. The lowest BCUT2D eigenvalue weighted by molar-refractivity contribution is -0.150. The van der Waals surface area contributed by atoms with Crippen LogP contribution in [0.5, 0.6) is 0 Å². The molecule has 0 aromatic heterocycles. The van der Waals surface area contributed by atoms with Gasteiger partial charge in [0, 0.05) is 15.6 Å². The summed E-state index contributed by atoms with van der Waals surface area (Å²) in [5, 5.41) is 21.4. The van der Waals surface area contributed by atoms with Gasteiger partial charge in [-0.2, -0.15) is 5.26 Å². The first-order chi connectivity index (χ1) is 15.0. The van der Waals surface area contributed by atoms with E-state index in [2.05, 4.69) is 11.4 Å². The number of carbonyl (C=O) groups excluding carboxylic acids is 2. The number of carbonyl (C=O) groups is 3. The number of benzene rings is 2. The van der Waals surface area contributed by atoms with Crippen molar-refractivity contribution in [3.8, 4) is 6.07 Å². The number of thioether (sulfide) groups is 2. The van der Waals surface area contributed by atoms with Crippen LogP contribution in [0.25, 0.3) is 0 Å². The molecule has 2 aromatic rings. The van der Waals surface area contributed by atoms with E-state index in [-0.39, 0.29) is 18.0 Å². The van der Waals surface area contributed by atoms with Crippen molar-refractivity contribution < 1.29 is 19.5 Å². The molecule has 0 saturated carbocycles. The van der Waals surface area contributed by atoms with E-state index in [4.69, 9.17) is 0 Å². The van der Waals surface area contributed by atoms with Crippen LogP contribution in [0.3, 0.4) is 0 Å². The molecule has 2 amide bonds. The number of nitrogens with one attached hydrogen (secondary N) is 1. The van der Waals surface area contributed by atoms with Gasteiger partial charge in [-0.3, -0.25) is 14.5 Å². The molecule has 0 aliphatic carbocycles. The second-order valence-corrected chi connectivity index (χ2v) is 9.15. The zero-order valence-corrected chi connectivity index (χ0v) is 17.8. The number of nitriles is 1. The summed E-state index contributed by atoms with van der Waals surface area (Å²) in [6.07, 6.45) is 0.148. The third-order valence-electron chi connectivity index (χ3n) is 4.90. The van der Waals surface area contributed by atoms with Gasteiger partial charge < -0.3 is 10.4 Å². The third-order valence-corrected chi connectivity index (χ3v) is 7.52. The molecule has 9 heteroatoms. The average Bonchev–Trinajstić information content (AvgIpc) is 2.78. The second kappa shape index (κ2) is 8.88. The van der Waals surface area contributed by atoms with Crippen LogP contribution in [0, 0.1) is 11.3 Å². The molecular formula is C22H17N3O4S2. The van der Waals surface area contributed by atoms with Crippen molar-refractivity contribution in [2.24, 2.45) is 0 Å². The first-order valence-corrected chi connectivity index (χ1v) is 11.3. The van der Waals surface area contributed by atoms with Gasteiger partial charge in [0.2, 0.25) is 5.91 Å². The smallest absolute Gasteiger partial charge is 0.353 e. The summed E-state index contributed by atoms with van der Waals surface area (Å²) in [6.45, 7) is 0. The maximum absolute atomic E-state index is 12.8. The fraction of sp³-hybridized carbons (Fsp3) is 0.182. The minimum atomic E-state index is -1.20. The van der Waals surface area contributed by atoms with Crippen molar-refractivity contribution >= 4 is 41.3 Å². The van der Waals surface area contributed by atoms with Crippen LogP contribution in [-0.4, -0.2) is 45.0 Å². The standard InChI is InChI=1S/C22H17N3O4S2/c23-11-14-8-4-5-9-15(14)31-16-12-30-21-18(20(27)25(21)19(16)22(28)29)24-17(26)10-13-6-2-1-3-7-13/h1-9,18,21H,10,12H2,(H,24,26)(H,28,29)/t18-,21+/m1/s1. The first-order valence-electron chi connectivity index (χ1n) is 9.41. The second-order valence-electron chi connectivity index (χ2n) is 6.90. The molecule has 1 fully saturated rings. The predicted molar refractivity (Wildman–Crippen MR) is 117 cm³/mol. The molecule has 0 unspecified atom stereocenters. The van der Waals surface area contributed by atoms with Gasteiger partial charge in [-0.25, -0.2) is 4.79 Å². The zero-order chi connectivity index (χ0) is 22.0. The predicted octanol–water partition coefficient (Wildman–Crippen LogP) is 2.59. The summed E-state index contributed by atoms with van der Waals surface area (Å²) in [4.78, 5) is 39.5. The van der Waals surface area contributed by atoms with Crippen LogP contribution in [0.1, 0.15) is 11.1 Å². The topological polar surface area (TPSA) is 110 Å². The van der Waals surface area contributed by atoms with Gasteiger partial charge in [-0.1, -0.05) is 54.2 Å². The highest BCUT2D eigenvalue weighted by Gasteiger charge is 2.54. The molecule has 2 aromatic carbocycles. The Balaban J connectivity index is 1.51. The number of carboxylic acids is 1. The molecule has 31 heavy (non-hydrogen) atoms. The number of β-lactam (4-membered cyclic amide) rings is 1. The molecule has 0 radical (unpaired) electrons. The largest absolute Gasteiger partial charge is 0.477 e. The number of hydrogen-bond acceptors (Lipinski definition) is 6. The number of amides is 2. The molecule has 2 aliphatic rings. The summed E-state index contributed by atoms with van der Waals surface area (Å²) in [5.74, 6) is -1.56. The summed E-state index contributed by atoms with van der Waals surface area (Å²) in [5.41, 5.74) is 1.19. The van der Waals surface area contributed by atoms with Crippen molar-refractivity contribution in [3.05, 3.63) is 76.3 Å². The molecule has 7 nitrogen and oxygen atoms in total. The first kappa shape index (κ1) is 21.0. The number of aliphatic carboxylic acids is 1. The molecular weight excluding hydrogens is 434 g/mol. The van der Waals surface area contributed by atoms with E-state index in [0.29, 0.717) is 21.1 Å². The minimum Gasteiger partial charge on any atom is -0.477 e. The van der Waals surface area contributed by atoms with Gasteiger partial charge in [0.15, 0.2) is 0 Å². The number of rotatable bonds is 6. The Bertz CT molecular complexity index is 1130. The average molecular weight is 452 g/mol. The summed E-state index contributed by atoms with van der Waals surface area (Å²) in [6, 6.07) is 17.5. The minimum absolute atomic E-state index is 0.0833. The number of fused-ring (bicyclic) bond motifs is 1. The molecule has 1 saturated heterocycles. The van der Waals surface area contributed by atoms with E-state index in [1.165, 1.54) is 28.4 Å². The Morgan fingerprint density at radius 3 is 2.61 bits per heavy atom. The van der Waals surface area contributed by atoms with Crippen molar-refractivity contribution in [1.82, 2.24) is 10.2 Å². The lowest BCUT2D eigenvalue weighted by Gasteiger charge is -2.49. The van der Waals surface area contributed by atoms with Crippen molar-refractivity contribution in [1.29, 1.82) is 5.26 Å². The van der Waals surface area contributed by atoms with Gasteiger partial charge in [0.05, 0.1) is 12.0 Å². The molecule has 2 heterocycles. The zero-order valence-electron chi connectivity index (χ0n) is 16.1. The summed E-state index contributed by atoms with van der Waals surface area (Å²) in [7, 11) is 0. The Morgan fingerprint density at radius 1 is 1.19 bits per heavy atom. The number of nitrogens with zero attached hydrogens (tertiary/aromatic N) is 2. The number of hydrogen-bond donors (Lipinski definition) is 2. The van der Waals surface area contributed by atoms with E-state index in [9.17, 15) is 24.8 Å². The molecule has 0 bridgehead atoms. The lowest BCUT2D eigenvalue weighted by atomic mass is 10.0. The highest BCUT2D eigenvalue weighted by atomic mass is 32.2. The monoisotopic (exact) mass is 451 g/mol. The quantitative estimate of drug-likeness (QED) is 0.650. The molecule has 2 N–H and O–H groups in total. The maximum atomic E-state index is 12.8. The fourth-order valence-corrected chi connectivity index (χ4v) is 6.01. The van der Waals surface area contributed by atoms with Crippen LogP contribution in [-0.2, 0) is 20.8 Å². The van der Waals surface area contributed by atoms with E-state index < -0.39 is 23.3 Å². The van der Waals surface area contributed by atoms with Crippen molar-refractivity contribution in [2.75, 3.05) is 5.75 Å².